The Morgan fingerprint density at radius 2 is 1.47 bits per heavy atom. The van der Waals surface area contributed by atoms with Crippen molar-refractivity contribution in [2.45, 2.75) is 65.7 Å². The Bertz CT molecular complexity index is 124. The molecule has 0 spiro atoms. The summed E-state index contributed by atoms with van der Waals surface area (Å²) in [5, 5.41) is 1.97. The van der Waals surface area contributed by atoms with Crippen LogP contribution in [0, 0.1) is 5.92 Å². The molecule has 0 unspecified atom stereocenters. The van der Waals surface area contributed by atoms with Gasteiger partial charge in [0.25, 0.3) is 0 Å². The van der Waals surface area contributed by atoms with Gasteiger partial charge in [-0.2, -0.15) is 0 Å². The number of hydrogen-bond donors (Lipinski definition) is 1. The molecule has 2 nitrogen and oxygen atoms in total. The molecule has 0 heterocycles. The van der Waals surface area contributed by atoms with E-state index >= 15 is 0 Å². The topological polar surface area (TPSA) is 29.3 Å². The molecular weight excluding hydrogens is 184 g/mol. The number of rotatable bonds is 10. The standard InChI is InChI=1S/C13H30N2/c1-4-5-6-7-8-9-10-11-15(14)12-13(2)3/h13H,4-12,14H2,1-3H3. The molecule has 0 amide bonds. The van der Waals surface area contributed by atoms with Crippen molar-refractivity contribution in [2.24, 2.45) is 11.8 Å². The van der Waals surface area contributed by atoms with E-state index in [4.69, 9.17) is 5.84 Å². The largest absolute Gasteiger partial charge is 0.269 e. The Morgan fingerprint density at radius 3 is 2.00 bits per heavy atom. The highest BCUT2D eigenvalue weighted by molar-refractivity contribution is 4.53. The summed E-state index contributed by atoms with van der Waals surface area (Å²) in [4.78, 5) is 0. The number of unbranched alkanes of at least 4 members (excludes halogenated alkanes) is 6. The van der Waals surface area contributed by atoms with Crippen molar-refractivity contribution >= 4 is 0 Å². The molecule has 2 N–H and O–H groups in total. The van der Waals surface area contributed by atoms with Crippen molar-refractivity contribution in [2.75, 3.05) is 13.1 Å². The Balaban J connectivity index is 3.09. The number of nitrogens with two attached hydrogens (primary N) is 1. The molecule has 0 aromatic carbocycles. The molecule has 0 radical (unpaired) electrons. The molecule has 0 bridgehead atoms. The first-order valence-electron chi connectivity index (χ1n) is 6.66. The zero-order valence-electron chi connectivity index (χ0n) is 11.0. The van der Waals surface area contributed by atoms with E-state index in [0.717, 1.165) is 13.1 Å². The smallest absolute Gasteiger partial charge is 0.0151 e. The first-order chi connectivity index (χ1) is 7.16. The lowest BCUT2D eigenvalue weighted by Crippen LogP contribution is -2.35. The van der Waals surface area contributed by atoms with Gasteiger partial charge in [-0.25, -0.2) is 5.01 Å². The van der Waals surface area contributed by atoms with E-state index in [1.807, 2.05) is 5.01 Å². The van der Waals surface area contributed by atoms with Crippen LogP contribution in [0.1, 0.15) is 65.7 Å². The maximum absolute atomic E-state index is 5.87. The van der Waals surface area contributed by atoms with Crippen LogP contribution in [-0.2, 0) is 0 Å². The van der Waals surface area contributed by atoms with E-state index in [9.17, 15) is 0 Å². The van der Waals surface area contributed by atoms with E-state index in [1.54, 1.807) is 0 Å². The summed E-state index contributed by atoms with van der Waals surface area (Å²) in [6.45, 7) is 8.77. The van der Waals surface area contributed by atoms with Gasteiger partial charge in [-0.1, -0.05) is 59.3 Å². The van der Waals surface area contributed by atoms with Crippen molar-refractivity contribution in [3.8, 4) is 0 Å². The maximum atomic E-state index is 5.87. The van der Waals surface area contributed by atoms with Crippen molar-refractivity contribution in [3.05, 3.63) is 0 Å². The molecule has 0 aliphatic rings. The third kappa shape index (κ3) is 11.8. The van der Waals surface area contributed by atoms with E-state index in [-0.39, 0.29) is 0 Å². The van der Waals surface area contributed by atoms with Crippen LogP contribution in [0.2, 0.25) is 0 Å². The lowest BCUT2D eigenvalue weighted by Gasteiger charge is -2.18. The van der Waals surface area contributed by atoms with Gasteiger partial charge in [0, 0.05) is 13.1 Å². The Labute approximate surface area is 96.2 Å². The lowest BCUT2D eigenvalue weighted by molar-refractivity contribution is 0.245. The van der Waals surface area contributed by atoms with Gasteiger partial charge in [-0.05, 0) is 12.3 Å². The second-order valence-electron chi connectivity index (χ2n) is 5.01. The Hall–Kier alpha value is -0.0800. The molecule has 92 valence electrons. The molecule has 0 saturated carbocycles. The van der Waals surface area contributed by atoms with Gasteiger partial charge in [0.1, 0.15) is 0 Å². The van der Waals surface area contributed by atoms with E-state index < -0.39 is 0 Å². The fraction of sp³-hybridized carbons (Fsp3) is 1.00. The Kier molecular flexibility index (Phi) is 10.4. The molecule has 15 heavy (non-hydrogen) atoms. The summed E-state index contributed by atoms with van der Waals surface area (Å²) >= 11 is 0. The fourth-order valence-corrected chi connectivity index (χ4v) is 1.83. The van der Waals surface area contributed by atoms with Crippen LogP contribution in [0.15, 0.2) is 0 Å². The van der Waals surface area contributed by atoms with Gasteiger partial charge >= 0.3 is 0 Å². The highest BCUT2D eigenvalue weighted by Gasteiger charge is 2.01. The van der Waals surface area contributed by atoms with Crippen molar-refractivity contribution in [1.82, 2.24) is 5.01 Å². The highest BCUT2D eigenvalue weighted by Crippen LogP contribution is 2.07. The van der Waals surface area contributed by atoms with E-state index in [2.05, 4.69) is 20.8 Å². The molecule has 0 aliphatic heterocycles. The van der Waals surface area contributed by atoms with E-state index in [1.165, 1.54) is 44.9 Å². The molecular formula is C13H30N2. The van der Waals surface area contributed by atoms with Gasteiger partial charge < -0.3 is 0 Å². The lowest BCUT2D eigenvalue weighted by atomic mass is 10.1. The van der Waals surface area contributed by atoms with Crippen LogP contribution in [0.4, 0.5) is 0 Å². The number of hydrazine groups is 1. The first kappa shape index (κ1) is 14.9. The zero-order valence-corrected chi connectivity index (χ0v) is 11.0. The molecule has 0 rings (SSSR count). The van der Waals surface area contributed by atoms with Crippen LogP contribution in [0.5, 0.6) is 0 Å². The SMILES string of the molecule is CCCCCCCCCN(N)CC(C)C. The van der Waals surface area contributed by atoms with Crippen LogP contribution < -0.4 is 5.84 Å². The monoisotopic (exact) mass is 214 g/mol. The van der Waals surface area contributed by atoms with Crippen LogP contribution in [-0.4, -0.2) is 18.1 Å². The average Bonchev–Trinajstić information content (AvgIpc) is 2.15. The highest BCUT2D eigenvalue weighted by atomic mass is 15.4. The second-order valence-corrected chi connectivity index (χ2v) is 5.01. The molecule has 0 saturated heterocycles. The summed E-state index contributed by atoms with van der Waals surface area (Å²) in [6, 6.07) is 0. The minimum Gasteiger partial charge on any atom is -0.269 e. The zero-order chi connectivity index (χ0) is 11.5. The van der Waals surface area contributed by atoms with Gasteiger partial charge in [-0.15, -0.1) is 0 Å². The molecule has 0 fully saturated rings. The number of hydrogen-bond acceptors (Lipinski definition) is 2. The Morgan fingerprint density at radius 1 is 0.933 bits per heavy atom. The van der Waals surface area contributed by atoms with Gasteiger partial charge in [0.2, 0.25) is 0 Å². The summed E-state index contributed by atoms with van der Waals surface area (Å²) in [7, 11) is 0. The summed E-state index contributed by atoms with van der Waals surface area (Å²) in [5.74, 6) is 6.55. The fourth-order valence-electron chi connectivity index (χ4n) is 1.83. The molecule has 0 aromatic rings. The first-order valence-corrected chi connectivity index (χ1v) is 6.66. The van der Waals surface area contributed by atoms with Gasteiger partial charge in [0.05, 0.1) is 0 Å². The van der Waals surface area contributed by atoms with Crippen LogP contribution in [0.3, 0.4) is 0 Å². The second kappa shape index (κ2) is 10.4. The van der Waals surface area contributed by atoms with Crippen molar-refractivity contribution in [1.29, 1.82) is 0 Å². The normalized spacial score (nSPS) is 11.6. The van der Waals surface area contributed by atoms with Gasteiger partial charge in [0.15, 0.2) is 0 Å². The molecule has 2 heteroatoms. The minimum absolute atomic E-state index is 0.680. The third-order valence-corrected chi connectivity index (χ3v) is 2.65. The summed E-state index contributed by atoms with van der Waals surface area (Å²) < 4.78 is 0. The predicted octanol–water partition coefficient (Wildman–Crippen LogP) is 3.57. The third-order valence-electron chi connectivity index (χ3n) is 2.65. The molecule has 0 aromatic heterocycles. The van der Waals surface area contributed by atoms with Crippen molar-refractivity contribution in [3.63, 3.8) is 0 Å². The average molecular weight is 214 g/mol. The molecule has 0 atom stereocenters. The van der Waals surface area contributed by atoms with Gasteiger partial charge in [-0.3, -0.25) is 5.84 Å². The van der Waals surface area contributed by atoms with E-state index in [0.29, 0.717) is 5.92 Å². The molecule has 0 aliphatic carbocycles. The summed E-state index contributed by atoms with van der Waals surface area (Å²) in [6.07, 6.45) is 9.54. The van der Waals surface area contributed by atoms with Crippen LogP contribution >= 0.6 is 0 Å². The maximum Gasteiger partial charge on any atom is 0.0151 e. The minimum atomic E-state index is 0.680. The summed E-state index contributed by atoms with van der Waals surface area (Å²) in [5.41, 5.74) is 0. The quantitative estimate of drug-likeness (QED) is 0.342. The number of nitrogens with zero attached hydrogens (tertiary/aromatic N) is 1. The van der Waals surface area contributed by atoms with Crippen LogP contribution in [0.25, 0.3) is 0 Å². The van der Waals surface area contributed by atoms with Crippen molar-refractivity contribution < 1.29 is 0 Å². The predicted molar refractivity (Wildman–Crippen MR) is 68.6 cm³/mol.